The molecular formula is C14H14F5NaO5S. The van der Waals surface area contributed by atoms with Crippen LogP contribution < -0.4 is 29.6 Å². The number of alkyl halides is 5. The molecule has 0 saturated heterocycles. The Hall–Kier alpha value is -0.750. The third kappa shape index (κ3) is 5.88. The molecule has 0 aliphatic heterocycles. The van der Waals surface area contributed by atoms with Gasteiger partial charge in [0.2, 0.25) is 0 Å². The van der Waals surface area contributed by atoms with Crippen molar-refractivity contribution < 1.29 is 74.0 Å². The first-order valence-electron chi connectivity index (χ1n) is 6.69. The van der Waals surface area contributed by atoms with Crippen LogP contribution in [0.5, 0.6) is 0 Å². The fourth-order valence-electron chi connectivity index (χ4n) is 1.74. The smallest absolute Gasteiger partial charge is 0.743 e. The maximum atomic E-state index is 13.3. The maximum absolute atomic E-state index is 13.3. The van der Waals surface area contributed by atoms with E-state index in [4.69, 9.17) is 0 Å². The minimum Gasteiger partial charge on any atom is -0.743 e. The van der Waals surface area contributed by atoms with E-state index in [1.165, 1.54) is 12.1 Å². The molecule has 0 aromatic heterocycles. The van der Waals surface area contributed by atoms with Gasteiger partial charge in [-0.1, -0.05) is 32.9 Å². The Bertz CT molecular complexity index is 738. The molecule has 0 radical (unpaired) electrons. The number of carbonyl (C=O) groups excluding carboxylic acids is 1. The predicted molar refractivity (Wildman–Crippen MR) is 75.0 cm³/mol. The van der Waals surface area contributed by atoms with E-state index in [1.54, 1.807) is 0 Å². The molecule has 0 N–H and O–H groups in total. The second kappa shape index (κ2) is 8.09. The number of rotatable bonds is 4. The standard InChI is InChI=1S/C14H15F5O5S.Na/c1-12(2,3)9-6-4-8(5-7-9)10(20)24-11(13(15,16)17)14(18,19)25(21,22)23;/h4-7,11H,1-3H3,(H,21,22,23);/q;+1/p-1. The molecule has 1 atom stereocenters. The molecule has 26 heavy (non-hydrogen) atoms. The molecule has 0 bridgehead atoms. The largest absolute Gasteiger partial charge is 1.00 e. The summed E-state index contributed by atoms with van der Waals surface area (Å²) in [6.45, 7) is 5.46. The summed E-state index contributed by atoms with van der Waals surface area (Å²) in [5.74, 6) is -1.84. The second-order valence-corrected chi connectivity index (χ2v) is 7.62. The van der Waals surface area contributed by atoms with Crippen LogP contribution in [0.15, 0.2) is 24.3 Å². The van der Waals surface area contributed by atoms with Gasteiger partial charge in [-0.3, -0.25) is 0 Å². The predicted octanol–water partition coefficient (Wildman–Crippen LogP) is 0.214. The van der Waals surface area contributed by atoms with Gasteiger partial charge >= 0.3 is 47.0 Å². The van der Waals surface area contributed by atoms with Crippen molar-refractivity contribution >= 4 is 16.1 Å². The third-order valence-electron chi connectivity index (χ3n) is 3.15. The molecule has 1 rings (SSSR count). The van der Waals surface area contributed by atoms with Crippen LogP contribution in [0.4, 0.5) is 22.0 Å². The normalized spacial score (nSPS) is 14.3. The van der Waals surface area contributed by atoms with Gasteiger partial charge in [-0.2, -0.15) is 22.0 Å². The van der Waals surface area contributed by atoms with Crippen LogP contribution in [0, 0.1) is 0 Å². The molecule has 0 fully saturated rings. The summed E-state index contributed by atoms with van der Waals surface area (Å²) in [6.07, 6.45) is -10.4. The zero-order valence-corrected chi connectivity index (χ0v) is 17.0. The van der Waals surface area contributed by atoms with Crippen molar-refractivity contribution in [1.82, 2.24) is 0 Å². The number of ether oxygens (including phenoxy) is 1. The minimum absolute atomic E-state index is 0. The van der Waals surface area contributed by atoms with Gasteiger partial charge in [-0.05, 0) is 23.1 Å². The van der Waals surface area contributed by atoms with E-state index >= 15 is 0 Å². The van der Waals surface area contributed by atoms with Crippen molar-refractivity contribution in [2.24, 2.45) is 0 Å². The van der Waals surface area contributed by atoms with Crippen molar-refractivity contribution in [3.63, 3.8) is 0 Å². The van der Waals surface area contributed by atoms with Gasteiger partial charge in [0.15, 0.2) is 10.1 Å². The fraction of sp³-hybridized carbons (Fsp3) is 0.500. The van der Waals surface area contributed by atoms with Gasteiger partial charge in [0, 0.05) is 0 Å². The molecule has 5 nitrogen and oxygen atoms in total. The quantitative estimate of drug-likeness (QED) is 0.306. The maximum Gasteiger partial charge on any atom is 1.00 e. The first kappa shape index (κ1) is 25.2. The summed E-state index contributed by atoms with van der Waals surface area (Å²) in [5.41, 5.74) is -0.161. The summed E-state index contributed by atoms with van der Waals surface area (Å²) in [4.78, 5) is 11.7. The monoisotopic (exact) mass is 412 g/mol. The Morgan fingerprint density at radius 2 is 1.46 bits per heavy atom. The number of halogens is 5. The number of carbonyl (C=O) groups is 1. The van der Waals surface area contributed by atoms with Crippen molar-refractivity contribution in [3.05, 3.63) is 35.4 Å². The molecule has 0 heterocycles. The van der Waals surface area contributed by atoms with E-state index in [0.717, 1.165) is 12.1 Å². The second-order valence-electron chi connectivity index (χ2n) is 6.17. The van der Waals surface area contributed by atoms with Crippen LogP contribution in [0.3, 0.4) is 0 Å². The molecule has 1 aromatic rings. The first-order valence-corrected chi connectivity index (χ1v) is 8.10. The minimum atomic E-state index is -6.72. The summed E-state index contributed by atoms with van der Waals surface area (Å²) in [6, 6.07) is 4.84. The van der Waals surface area contributed by atoms with Gasteiger partial charge in [-0.25, -0.2) is 13.2 Å². The summed E-state index contributed by atoms with van der Waals surface area (Å²) in [7, 11) is -6.72. The van der Waals surface area contributed by atoms with E-state index in [0.29, 0.717) is 5.56 Å². The Labute approximate surface area is 168 Å². The van der Waals surface area contributed by atoms with Crippen molar-refractivity contribution in [2.45, 2.75) is 43.7 Å². The van der Waals surface area contributed by atoms with Crippen molar-refractivity contribution in [1.29, 1.82) is 0 Å². The van der Waals surface area contributed by atoms with Gasteiger partial charge in [0.1, 0.15) is 0 Å². The van der Waals surface area contributed by atoms with Gasteiger partial charge in [0.05, 0.1) is 5.56 Å². The third-order valence-corrected chi connectivity index (χ3v) is 4.03. The average molecular weight is 412 g/mol. The Morgan fingerprint density at radius 3 is 1.77 bits per heavy atom. The van der Waals surface area contributed by atoms with Gasteiger partial charge < -0.3 is 9.29 Å². The molecule has 12 heteroatoms. The molecule has 1 aromatic carbocycles. The topological polar surface area (TPSA) is 83.5 Å². The molecule has 0 spiro atoms. The Kier molecular flexibility index (Phi) is 7.86. The summed E-state index contributed by atoms with van der Waals surface area (Å²) < 4.78 is 99.5. The zero-order valence-electron chi connectivity index (χ0n) is 14.2. The van der Waals surface area contributed by atoms with E-state index in [1.807, 2.05) is 20.8 Å². The Balaban J connectivity index is 0.00000625. The van der Waals surface area contributed by atoms with Crippen LogP contribution in [0.1, 0.15) is 36.7 Å². The van der Waals surface area contributed by atoms with E-state index < -0.39 is 39.2 Å². The number of hydrogen-bond acceptors (Lipinski definition) is 5. The molecule has 142 valence electrons. The SMILES string of the molecule is CC(C)(C)c1ccc(C(=O)OC(C(F)(F)F)C(F)(F)S(=O)(=O)[O-])cc1.[Na+]. The molecule has 0 aliphatic carbocycles. The molecule has 0 saturated carbocycles. The van der Waals surface area contributed by atoms with Crippen LogP contribution >= 0.6 is 0 Å². The van der Waals surface area contributed by atoms with Crippen LogP contribution in [-0.2, 0) is 20.3 Å². The van der Waals surface area contributed by atoms with E-state index in [9.17, 15) is 39.7 Å². The Morgan fingerprint density at radius 1 is 1.04 bits per heavy atom. The molecule has 0 amide bonds. The van der Waals surface area contributed by atoms with Crippen molar-refractivity contribution in [2.75, 3.05) is 0 Å². The van der Waals surface area contributed by atoms with E-state index in [2.05, 4.69) is 4.74 Å². The van der Waals surface area contributed by atoms with Crippen LogP contribution in [-0.4, -0.2) is 36.5 Å². The van der Waals surface area contributed by atoms with Gasteiger partial charge in [0.25, 0.3) is 6.10 Å². The molecule has 0 aliphatic rings. The zero-order chi connectivity index (χ0) is 19.8. The first-order chi connectivity index (χ1) is 11.0. The number of benzene rings is 1. The number of hydrogen-bond donors (Lipinski definition) is 0. The van der Waals surface area contributed by atoms with E-state index in [-0.39, 0.29) is 35.0 Å². The number of esters is 1. The van der Waals surface area contributed by atoms with Crippen LogP contribution in [0.2, 0.25) is 0 Å². The van der Waals surface area contributed by atoms with Crippen LogP contribution in [0.25, 0.3) is 0 Å². The van der Waals surface area contributed by atoms with Gasteiger partial charge in [-0.15, -0.1) is 0 Å². The molecular weight excluding hydrogens is 398 g/mol. The average Bonchev–Trinajstić information content (AvgIpc) is 2.41. The fourth-order valence-corrected chi connectivity index (χ4v) is 2.18. The summed E-state index contributed by atoms with van der Waals surface area (Å²) >= 11 is 0. The summed E-state index contributed by atoms with van der Waals surface area (Å²) in [5, 5.41) is -5.87. The van der Waals surface area contributed by atoms with Crippen molar-refractivity contribution in [3.8, 4) is 0 Å². The molecule has 1 unspecified atom stereocenters.